The first kappa shape index (κ1) is 26.3. The zero-order valence-corrected chi connectivity index (χ0v) is 22.8. The summed E-state index contributed by atoms with van der Waals surface area (Å²) in [6.07, 6.45) is 2.59. The fraction of sp³-hybridized carbons (Fsp3) is 0.273. The summed E-state index contributed by atoms with van der Waals surface area (Å²) in [6.45, 7) is 6.76. The smallest absolute Gasteiger partial charge is 0.290 e. The molecule has 1 unspecified atom stereocenters. The van der Waals surface area contributed by atoms with Crippen molar-refractivity contribution in [3.63, 3.8) is 0 Å². The molecule has 1 aliphatic rings. The summed E-state index contributed by atoms with van der Waals surface area (Å²) >= 11 is 0. The molecule has 5 rings (SSSR count). The number of nitrogens with one attached hydrogen (secondary N) is 1. The van der Waals surface area contributed by atoms with E-state index in [0.29, 0.717) is 13.0 Å². The predicted octanol–water partition coefficient (Wildman–Crippen LogP) is 6.22. The Morgan fingerprint density at radius 2 is 1.74 bits per heavy atom. The van der Waals surface area contributed by atoms with Gasteiger partial charge in [-0.05, 0) is 52.3 Å². The highest BCUT2D eigenvalue weighted by atomic mass is 16.5. The van der Waals surface area contributed by atoms with Gasteiger partial charge in [0.1, 0.15) is 5.75 Å². The first-order chi connectivity index (χ1) is 18.7. The van der Waals surface area contributed by atoms with E-state index in [9.17, 15) is 14.7 Å². The number of rotatable bonds is 8. The van der Waals surface area contributed by atoms with Crippen LogP contribution in [0.1, 0.15) is 49.1 Å². The summed E-state index contributed by atoms with van der Waals surface area (Å²) in [7, 11) is 1.63. The third-order valence-electron chi connectivity index (χ3n) is 7.50. The van der Waals surface area contributed by atoms with Crippen molar-refractivity contribution in [3.05, 3.63) is 113 Å². The second kappa shape index (κ2) is 10.4. The van der Waals surface area contributed by atoms with Gasteiger partial charge in [-0.3, -0.25) is 9.59 Å². The molecular weight excluding hydrogens is 488 g/mol. The third kappa shape index (κ3) is 5.19. The van der Waals surface area contributed by atoms with E-state index in [0.717, 1.165) is 38.9 Å². The van der Waals surface area contributed by atoms with Gasteiger partial charge < -0.3 is 19.7 Å². The van der Waals surface area contributed by atoms with E-state index in [1.807, 2.05) is 79.0 Å². The summed E-state index contributed by atoms with van der Waals surface area (Å²) in [6, 6.07) is 22.6. The summed E-state index contributed by atoms with van der Waals surface area (Å²) in [5.74, 6) is -0.475. The molecule has 6 nitrogen and oxygen atoms in total. The zero-order valence-electron chi connectivity index (χ0n) is 22.8. The van der Waals surface area contributed by atoms with Crippen LogP contribution in [0.5, 0.6) is 5.75 Å². The lowest BCUT2D eigenvalue weighted by Crippen LogP contribution is -2.33. The monoisotopic (exact) mass is 522 g/mol. The molecule has 4 aromatic rings. The third-order valence-corrected chi connectivity index (χ3v) is 7.50. The van der Waals surface area contributed by atoms with Gasteiger partial charge in [-0.1, -0.05) is 75.4 Å². The van der Waals surface area contributed by atoms with Crippen LogP contribution in [-0.2, 0) is 27.8 Å². The lowest BCUT2D eigenvalue weighted by molar-refractivity contribution is -0.129. The van der Waals surface area contributed by atoms with Gasteiger partial charge in [-0.25, -0.2) is 0 Å². The summed E-state index contributed by atoms with van der Waals surface area (Å²) in [5, 5.41) is 12.1. The molecule has 200 valence electrons. The fourth-order valence-electron chi connectivity index (χ4n) is 5.29. The van der Waals surface area contributed by atoms with Crippen LogP contribution in [0.4, 0.5) is 0 Å². The van der Waals surface area contributed by atoms with Gasteiger partial charge in [0.2, 0.25) is 0 Å². The molecule has 0 spiro atoms. The number of methoxy groups -OCH3 is 1. The molecule has 0 radical (unpaired) electrons. The van der Waals surface area contributed by atoms with E-state index in [-0.39, 0.29) is 23.2 Å². The number of aromatic amines is 1. The Balaban J connectivity index is 1.49. The Hall–Kier alpha value is -4.32. The molecule has 0 fully saturated rings. The molecule has 0 aliphatic carbocycles. The van der Waals surface area contributed by atoms with Crippen LogP contribution in [0, 0.1) is 0 Å². The van der Waals surface area contributed by atoms with Crippen molar-refractivity contribution in [2.45, 2.75) is 45.1 Å². The number of aromatic nitrogens is 1. The lowest BCUT2D eigenvalue weighted by Gasteiger charge is -2.28. The van der Waals surface area contributed by atoms with Gasteiger partial charge >= 0.3 is 0 Å². The normalized spacial score (nSPS) is 15.8. The number of hydrogen-bond acceptors (Lipinski definition) is 4. The highest BCUT2D eigenvalue weighted by molar-refractivity contribution is 6.09. The van der Waals surface area contributed by atoms with E-state index in [4.69, 9.17) is 4.74 Å². The topological polar surface area (TPSA) is 82.6 Å². The van der Waals surface area contributed by atoms with Gasteiger partial charge in [-0.15, -0.1) is 0 Å². The molecular formula is C33H34N2O4. The van der Waals surface area contributed by atoms with E-state index >= 15 is 0 Å². The number of amides is 1. The van der Waals surface area contributed by atoms with Crippen LogP contribution in [0.25, 0.3) is 10.9 Å². The Morgan fingerprint density at radius 1 is 1.03 bits per heavy atom. The maximum atomic E-state index is 13.6. The molecule has 2 heterocycles. The van der Waals surface area contributed by atoms with Crippen molar-refractivity contribution in [3.8, 4) is 5.75 Å². The van der Waals surface area contributed by atoms with Crippen molar-refractivity contribution < 1.29 is 19.4 Å². The molecule has 1 atom stereocenters. The Morgan fingerprint density at radius 3 is 2.41 bits per heavy atom. The lowest BCUT2D eigenvalue weighted by atomic mass is 9.85. The molecule has 3 aromatic carbocycles. The second-order valence-electron chi connectivity index (χ2n) is 11.1. The summed E-state index contributed by atoms with van der Waals surface area (Å²) in [5.41, 5.74) is 4.92. The minimum Gasteiger partial charge on any atom is -0.503 e. The first-order valence-corrected chi connectivity index (χ1v) is 13.2. The van der Waals surface area contributed by atoms with Gasteiger partial charge in [0.25, 0.3) is 5.91 Å². The molecule has 39 heavy (non-hydrogen) atoms. The molecule has 0 bridgehead atoms. The van der Waals surface area contributed by atoms with Crippen molar-refractivity contribution in [1.29, 1.82) is 0 Å². The summed E-state index contributed by atoms with van der Waals surface area (Å²) in [4.78, 5) is 31.9. The standard InChI is InChI=1S/C33H34N2O4/c1-33(2,3)24-12-10-22(11-13-24)30-29(28(36)18-21-8-6-5-7-9-21)31(37)32(38)35(30)17-16-23-20-34-27-15-14-25(39-4)19-26(23)27/h5-15,19-20,30,34,37H,16-18H2,1-4H3. The highest BCUT2D eigenvalue weighted by Gasteiger charge is 2.43. The number of ether oxygens (including phenoxy) is 1. The van der Waals surface area contributed by atoms with Crippen molar-refractivity contribution in [2.24, 2.45) is 0 Å². The Bertz CT molecular complexity index is 1540. The van der Waals surface area contributed by atoms with Gasteiger partial charge in [0, 0.05) is 30.1 Å². The fourth-order valence-corrected chi connectivity index (χ4v) is 5.29. The second-order valence-corrected chi connectivity index (χ2v) is 11.1. The Labute approximate surface area is 228 Å². The van der Waals surface area contributed by atoms with Crippen molar-refractivity contribution >= 4 is 22.6 Å². The molecule has 6 heteroatoms. The van der Waals surface area contributed by atoms with Gasteiger partial charge in [0.15, 0.2) is 11.5 Å². The number of aliphatic hydroxyl groups excluding tert-OH is 1. The van der Waals surface area contributed by atoms with E-state index in [1.54, 1.807) is 12.0 Å². The average molecular weight is 523 g/mol. The minimum atomic E-state index is -0.664. The van der Waals surface area contributed by atoms with Crippen LogP contribution in [0.15, 0.2) is 90.3 Å². The number of benzene rings is 3. The molecule has 2 N–H and O–H groups in total. The quantitative estimate of drug-likeness (QED) is 0.288. The number of carbonyl (C=O) groups excluding carboxylic acids is 2. The number of ketones is 1. The van der Waals surface area contributed by atoms with Gasteiger partial charge in [0.05, 0.1) is 18.7 Å². The molecule has 0 saturated heterocycles. The number of hydrogen-bond donors (Lipinski definition) is 2. The van der Waals surface area contributed by atoms with Crippen LogP contribution >= 0.6 is 0 Å². The minimum absolute atomic E-state index is 0.0377. The van der Waals surface area contributed by atoms with E-state index < -0.39 is 17.7 Å². The highest BCUT2D eigenvalue weighted by Crippen LogP contribution is 2.39. The number of fused-ring (bicyclic) bond motifs is 1. The maximum Gasteiger partial charge on any atom is 0.290 e. The van der Waals surface area contributed by atoms with Crippen LogP contribution in [-0.4, -0.2) is 40.3 Å². The number of carbonyl (C=O) groups is 2. The number of H-pyrrole nitrogens is 1. The zero-order chi connectivity index (χ0) is 27.7. The number of nitrogens with zero attached hydrogens (tertiary/aromatic N) is 1. The first-order valence-electron chi connectivity index (χ1n) is 13.2. The van der Waals surface area contributed by atoms with E-state index in [2.05, 4.69) is 25.8 Å². The van der Waals surface area contributed by atoms with Crippen molar-refractivity contribution in [2.75, 3.05) is 13.7 Å². The summed E-state index contributed by atoms with van der Waals surface area (Å²) < 4.78 is 5.40. The van der Waals surface area contributed by atoms with E-state index in [1.165, 1.54) is 0 Å². The van der Waals surface area contributed by atoms with Crippen LogP contribution in [0.2, 0.25) is 0 Å². The molecule has 1 aromatic heterocycles. The maximum absolute atomic E-state index is 13.6. The predicted molar refractivity (Wildman–Crippen MR) is 153 cm³/mol. The largest absolute Gasteiger partial charge is 0.503 e. The SMILES string of the molecule is COc1ccc2[nH]cc(CCN3C(=O)C(O)=C(C(=O)Cc4ccccc4)C3c3ccc(C(C)(C)C)cc3)c2c1. The van der Waals surface area contributed by atoms with Crippen LogP contribution < -0.4 is 4.74 Å². The average Bonchev–Trinajstić information content (AvgIpc) is 3.44. The molecule has 1 aliphatic heterocycles. The molecule has 1 amide bonds. The van der Waals surface area contributed by atoms with Crippen LogP contribution in [0.3, 0.4) is 0 Å². The van der Waals surface area contributed by atoms with Crippen molar-refractivity contribution in [1.82, 2.24) is 9.88 Å². The number of Topliss-reactive ketones (excluding diaryl/α,β-unsaturated/α-hetero) is 1. The number of aliphatic hydroxyl groups is 1. The Kier molecular flexibility index (Phi) is 7.04. The van der Waals surface area contributed by atoms with Gasteiger partial charge in [-0.2, -0.15) is 0 Å². The molecule has 0 saturated carbocycles.